The number of aliphatic hydroxyl groups excluding tert-OH is 1. The first-order chi connectivity index (χ1) is 23.7. The van der Waals surface area contributed by atoms with E-state index in [1.807, 2.05) is 36.1 Å². The molecule has 4 heterocycles. The topological polar surface area (TPSA) is 127 Å². The van der Waals surface area contributed by atoms with Gasteiger partial charge in [0, 0.05) is 65.4 Å². The molecule has 3 N–H and O–H groups in total. The predicted octanol–water partition coefficient (Wildman–Crippen LogP) is 5.42. The summed E-state index contributed by atoms with van der Waals surface area (Å²) in [5, 5.41) is 20.6. The molecule has 1 saturated heterocycles. The average Bonchev–Trinajstić information content (AvgIpc) is 3.72. The summed E-state index contributed by atoms with van der Waals surface area (Å²) in [6.07, 6.45) is 6.28. The minimum atomic E-state index is -0.703. The molecule has 7 rings (SSSR count). The Labute approximate surface area is 281 Å². The maximum atomic E-state index is 15.1. The molecular formula is C37H35F2N7O3. The highest BCUT2D eigenvalue weighted by Crippen LogP contribution is 2.34. The summed E-state index contributed by atoms with van der Waals surface area (Å²) in [5.74, 6) is -0.547. The Morgan fingerprint density at radius 2 is 1.82 bits per heavy atom. The zero-order valence-electron chi connectivity index (χ0n) is 26.9. The maximum absolute atomic E-state index is 15.1. The lowest BCUT2D eigenvalue weighted by atomic mass is 9.88. The first kappa shape index (κ1) is 32.2. The molecule has 2 aliphatic heterocycles. The van der Waals surface area contributed by atoms with Gasteiger partial charge in [-0.3, -0.25) is 19.6 Å². The third-order valence-electron chi connectivity index (χ3n) is 9.47. The molecule has 2 aliphatic rings. The van der Waals surface area contributed by atoms with Crippen molar-refractivity contribution in [2.45, 2.75) is 26.4 Å². The van der Waals surface area contributed by atoms with Crippen molar-refractivity contribution in [3.05, 3.63) is 102 Å². The Kier molecular flexibility index (Phi) is 8.74. The third-order valence-corrected chi connectivity index (χ3v) is 9.47. The molecule has 1 atom stereocenters. The number of H-pyrrole nitrogens is 1. The zero-order valence-corrected chi connectivity index (χ0v) is 26.9. The fourth-order valence-corrected chi connectivity index (χ4v) is 6.61. The summed E-state index contributed by atoms with van der Waals surface area (Å²) in [6, 6.07) is 16.6. The van der Waals surface area contributed by atoms with Crippen molar-refractivity contribution >= 4 is 34.0 Å². The van der Waals surface area contributed by atoms with Crippen molar-refractivity contribution in [1.82, 2.24) is 30.0 Å². The smallest absolute Gasteiger partial charge is 0.237 e. The molecule has 1 fully saturated rings. The van der Waals surface area contributed by atoms with E-state index >= 15 is 4.39 Å². The van der Waals surface area contributed by atoms with Gasteiger partial charge in [0.15, 0.2) is 5.82 Å². The second kappa shape index (κ2) is 13.3. The number of anilines is 1. The molecule has 250 valence electrons. The van der Waals surface area contributed by atoms with Gasteiger partial charge in [-0.1, -0.05) is 18.2 Å². The Hall–Kier alpha value is -5.33. The van der Waals surface area contributed by atoms with E-state index in [2.05, 4.69) is 25.5 Å². The number of aromatic nitrogens is 4. The van der Waals surface area contributed by atoms with Crippen LogP contribution in [0.2, 0.25) is 0 Å². The average molecular weight is 664 g/mol. The molecule has 2 amide bonds. The van der Waals surface area contributed by atoms with Crippen LogP contribution in [-0.2, 0) is 16.2 Å². The van der Waals surface area contributed by atoms with Gasteiger partial charge in [0.25, 0.3) is 0 Å². The van der Waals surface area contributed by atoms with Crippen LogP contribution in [0.3, 0.4) is 0 Å². The number of nitrogens with zero attached hydrogens (tertiary/aromatic N) is 5. The number of fused-ring (bicyclic) bond motifs is 1. The van der Waals surface area contributed by atoms with Crippen LogP contribution >= 0.6 is 0 Å². The van der Waals surface area contributed by atoms with Crippen molar-refractivity contribution in [2.75, 3.05) is 38.0 Å². The summed E-state index contributed by atoms with van der Waals surface area (Å²) >= 11 is 0. The highest BCUT2D eigenvalue weighted by Gasteiger charge is 2.41. The molecular weight excluding hydrogens is 628 g/mol. The molecule has 0 saturated carbocycles. The number of likely N-dealkylation sites (tertiary alicyclic amines) is 1. The van der Waals surface area contributed by atoms with E-state index in [1.165, 1.54) is 12.1 Å². The van der Waals surface area contributed by atoms with Crippen LogP contribution in [0.1, 0.15) is 30.9 Å². The molecule has 0 aliphatic carbocycles. The van der Waals surface area contributed by atoms with Gasteiger partial charge in [-0.25, -0.2) is 18.7 Å². The number of carbonyl (C=O) groups is 2. The summed E-state index contributed by atoms with van der Waals surface area (Å²) in [7, 11) is 0. The Morgan fingerprint density at radius 3 is 2.57 bits per heavy atom. The van der Waals surface area contributed by atoms with E-state index in [9.17, 15) is 19.1 Å². The summed E-state index contributed by atoms with van der Waals surface area (Å²) in [4.78, 5) is 39.0. The normalized spacial score (nSPS) is 18.1. The number of halogens is 2. The monoisotopic (exact) mass is 663 g/mol. The van der Waals surface area contributed by atoms with Gasteiger partial charge in [0.2, 0.25) is 11.8 Å². The first-order valence-corrected chi connectivity index (χ1v) is 16.2. The van der Waals surface area contributed by atoms with Gasteiger partial charge >= 0.3 is 0 Å². The summed E-state index contributed by atoms with van der Waals surface area (Å²) in [5.41, 5.74) is 4.02. The van der Waals surface area contributed by atoms with E-state index in [0.29, 0.717) is 72.9 Å². The molecule has 0 bridgehead atoms. The zero-order chi connectivity index (χ0) is 34.1. The Morgan fingerprint density at radius 1 is 1.00 bits per heavy atom. The van der Waals surface area contributed by atoms with E-state index in [4.69, 9.17) is 0 Å². The predicted molar refractivity (Wildman–Crippen MR) is 182 cm³/mol. The molecule has 0 unspecified atom stereocenters. The van der Waals surface area contributed by atoms with E-state index in [1.54, 1.807) is 47.6 Å². The van der Waals surface area contributed by atoms with Crippen LogP contribution in [0.25, 0.3) is 39.1 Å². The number of carbonyl (C=O) groups excluding carboxylic acids is 2. The molecule has 12 heteroatoms. The minimum absolute atomic E-state index is 0.0277. The van der Waals surface area contributed by atoms with Crippen molar-refractivity contribution in [3.8, 4) is 22.6 Å². The van der Waals surface area contributed by atoms with Gasteiger partial charge in [-0.05, 0) is 80.4 Å². The van der Waals surface area contributed by atoms with Crippen molar-refractivity contribution < 1.29 is 23.5 Å². The molecule has 10 nitrogen and oxygen atoms in total. The fourth-order valence-electron chi connectivity index (χ4n) is 6.61. The lowest BCUT2D eigenvalue weighted by Gasteiger charge is -2.29. The molecule has 0 spiro atoms. The van der Waals surface area contributed by atoms with Gasteiger partial charge in [0.05, 0.1) is 29.8 Å². The second-order valence-electron chi connectivity index (χ2n) is 12.9. The van der Waals surface area contributed by atoms with Gasteiger partial charge in [0.1, 0.15) is 11.6 Å². The Bertz CT molecular complexity index is 2080. The lowest BCUT2D eigenvalue weighted by Crippen LogP contribution is -2.43. The van der Waals surface area contributed by atoms with E-state index in [-0.39, 0.29) is 29.7 Å². The van der Waals surface area contributed by atoms with Crippen LogP contribution < -0.4 is 5.32 Å². The third kappa shape index (κ3) is 6.57. The van der Waals surface area contributed by atoms with Crippen molar-refractivity contribution in [3.63, 3.8) is 0 Å². The van der Waals surface area contributed by atoms with Crippen LogP contribution in [0, 0.1) is 17.0 Å². The van der Waals surface area contributed by atoms with Crippen molar-refractivity contribution in [2.24, 2.45) is 5.41 Å². The number of hydrogen-bond donors (Lipinski definition) is 3. The van der Waals surface area contributed by atoms with Gasteiger partial charge < -0.3 is 15.3 Å². The summed E-state index contributed by atoms with van der Waals surface area (Å²) in [6.45, 7) is 3.59. The van der Waals surface area contributed by atoms with Crippen LogP contribution in [-0.4, -0.2) is 79.6 Å². The number of aliphatic hydroxyl groups is 1. The largest absolute Gasteiger partial charge is 0.392 e. The highest BCUT2D eigenvalue weighted by atomic mass is 19.1. The number of aromatic amines is 1. The molecule has 2 aromatic heterocycles. The van der Waals surface area contributed by atoms with Crippen LogP contribution in [0.4, 0.5) is 14.5 Å². The number of hydrogen-bond acceptors (Lipinski definition) is 7. The van der Waals surface area contributed by atoms with Gasteiger partial charge in [-0.2, -0.15) is 5.10 Å². The first-order valence-electron chi connectivity index (χ1n) is 16.2. The number of benzene rings is 3. The fraction of sp³-hybridized carbons (Fsp3) is 0.270. The molecule has 49 heavy (non-hydrogen) atoms. The highest BCUT2D eigenvalue weighted by molar-refractivity contribution is 6.00. The second-order valence-corrected chi connectivity index (χ2v) is 12.9. The number of amides is 2. The number of nitrogens with one attached hydrogen (secondary N) is 2. The van der Waals surface area contributed by atoms with Crippen LogP contribution in [0.5, 0.6) is 0 Å². The molecule has 0 radical (unpaired) electrons. The molecule has 3 aromatic carbocycles. The minimum Gasteiger partial charge on any atom is -0.392 e. The molecule has 5 aromatic rings. The van der Waals surface area contributed by atoms with E-state index < -0.39 is 17.8 Å². The maximum Gasteiger partial charge on any atom is 0.237 e. The van der Waals surface area contributed by atoms with Crippen LogP contribution in [0.15, 0.2) is 79.1 Å². The Balaban J connectivity index is 0.959. The summed E-state index contributed by atoms with van der Waals surface area (Å²) < 4.78 is 29.0. The quantitative estimate of drug-likeness (QED) is 0.202. The SMILES string of the molecule is C[C@@]1(C(=O)Nc2ccc3[nH]nc(-c4ccc(F)c(CO)c4)c3c2)CCN(CC(=O)N2CC=C(c3ccc(-c4ncccn4)cc3F)CC2)C1. The van der Waals surface area contributed by atoms with Gasteiger partial charge in [-0.15, -0.1) is 0 Å². The standard InChI is InChI=1S/C37H35F2N7O3/c1-37(36(49)42-27-5-8-32-29(19-27)34(44-43-32)24-4-7-30(38)26(17-24)21-47)11-16-45(22-37)20-33(48)46-14-9-23(10-15-46)28-6-3-25(18-31(28)39)35-40-12-2-13-41-35/h2-9,12-13,17-19,47H,10-11,14-16,20-22H2,1H3,(H,42,49)(H,43,44)/t37-/m1/s1. The van der Waals surface area contributed by atoms with E-state index in [0.717, 1.165) is 16.5 Å². The lowest BCUT2D eigenvalue weighted by molar-refractivity contribution is -0.132. The number of rotatable bonds is 8. The van der Waals surface area contributed by atoms with Crippen molar-refractivity contribution in [1.29, 1.82) is 0 Å².